The molecular weight excluding hydrogens is 166 g/mol. The lowest BCUT2D eigenvalue weighted by Gasteiger charge is -1.99. The van der Waals surface area contributed by atoms with E-state index in [4.69, 9.17) is 0 Å². The van der Waals surface area contributed by atoms with Gasteiger partial charge >= 0.3 is 0 Å². The van der Waals surface area contributed by atoms with Crippen molar-refractivity contribution in [3.05, 3.63) is 0 Å². The van der Waals surface area contributed by atoms with E-state index in [2.05, 4.69) is 23.4 Å². The Morgan fingerprint density at radius 1 is 1.25 bits per heavy atom. The molecule has 0 saturated carbocycles. The van der Waals surface area contributed by atoms with E-state index in [0.29, 0.717) is 0 Å². The van der Waals surface area contributed by atoms with Gasteiger partial charge in [-0.3, -0.25) is 0 Å². The molecule has 0 aliphatic rings. The highest BCUT2D eigenvalue weighted by Crippen LogP contribution is 2.00. The molecule has 0 aliphatic heterocycles. The maximum atomic E-state index is 3.28. The van der Waals surface area contributed by atoms with Gasteiger partial charge in [-0.25, -0.2) is 0 Å². The van der Waals surface area contributed by atoms with Crippen LogP contribution >= 0.6 is 11.8 Å². The van der Waals surface area contributed by atoms with Crippen molar-refractivity contribution < 1.29 is 0 Å². The monoisotopic (exact) mass is 185 g/mol. The lowest BCUT2D eigenvalue weighted by molar-refractivity contribution is 0.653. The van der Waals surface area contributed by atoms with Crippen LogP contribution in [0.5, 0.6) is 0 Å². The molecule has 0 unspecified atom stereocenters. The molecule has 0 aliphatic carbocycles. The van der Waals surface area contributed by atoms with Gasteiger partial charge in [-0.15, -0.1) is 5.92 Å². The van der Waals surface area contributed by atoms with Gasteiger partial charge in [0.25, 0.3) is 0 Å². The van der Waals surface area contributed by atoms with Gasteiger partial charge in [-0.05, 0) is 38.3 Å². The first-order chi connectivity index (χ1) is 5.91. The van der Waals surface area contributed by atoms with Crippen LogP contribution in [0.2, 0.25) is 0 Å². The summed E-state index contributed by atoms with van der Waals surface area (Å²) in [5.74, 6) is 7.15. The zero-order chi connectivity index (χ0) is 9.07. The summed E-state index contributed by atoms with van der Waals surface area (Å²) in [5, 5.41) is 3.28. The summed E-state index contributed by atoms with van der Waals surface area (Å²) in [6, 6.07) is 0. The molecule has 0 amide bonds. The molecule has 0 rings (SSSR count). The first kappa shape index (κ1) is 11.9. The van der Waals surface area contributed by atoms with Crippen molar-refractivity contribution in [2.75, 3.05) is 25.1 Å². The molecule has 0 spiro atoms. The van der Waals surface area contributed by atoms with Crippen LogP contribution in [0.1, 0.15) is 26.2 Å². The molecule has 1 N–H and O–H groups in total. The van der Waals surface area contributed by atoms with Crippen LogP contribution in [0.3, 0.4) is 0 Å². The van der Waals surface area contributed by atoms with Crippen LogP contribution in [0.4, 0.5) is 0 Å². The Morgan fingerprint density at radius 3 is 2.75 bits per heavy atom. The smallest absolute Gasteiger partial charge is 0.0576 e. The summed E-state index contributed by atoms with van der Waals surface area (Å²) < 4.78 is 0. The topological polar surface area (TPSA) is 12.0 Å². The van der Waals surface area contributed by atoms with Crippen LogP contribution < -0.4 is 5.32 Å². The molecule has 0 aromatic heterocycles. The van der Waals surface area contributed by atoms with E-state index in [1.165, 1.54) is 25.0 Å². The van der Waals surface area contributed by atoms with Gasteiger partial charge in [0.15, 0.2) is 0 Å². The third kappa shape index (κ3) is 9.87. The largest absolute Gasteiger partial charge is 0.306 e. The van der Waals surface area contributed by atoms with Crippen molar-refractivity contribution in [1.82, 2.24) is 5.32 Å². The van der Waals surface area contributed by atoms with Crippen molar-refractivity contribution >= 4 is 11.8 Å². The highest BCUT2D eigenvalue weighted by atomic mass is 32.2. The predicted molar refractivity (Wildman–Crippen MR) is 58.6 cm³/mol. The van der Waals surface area contributed by atoms with Gasteiger partial charge in [0.05, 0.1) is 6.54 Å². The Kier molecular flexibility index (Phi) is 10.8. The maximum absolute atomic E-state index is 3.28. The predicted octanol–water partition coefficient (Wildman–Crippen LogP) is 2.13. The Balaban J connectivity index is 2.84. The fourth-order valence-corrected chi connectivity index (χ4v) is 1.41. The van der Waals surface area contributed by atoms with Crippen LogP contribution in [0, 0.1) is 11.8 Å². The fraction of sp³-hybridized carbons (Fsp3) is 0.800. The van der Waals surface area contributed by atoms with Gasteiger partial charge < -0.3 is 5.32 Å². The Bertz CT molecular complexity index is 135. The minimum Gasteiger partial charge on any atom is -0.306 e. The number of hydrogen-bond donors (Lipinski definition) is 1. The van der Waals surface area contributed by atoms with E-state index in [1.54, 1.807) is 0 Å². The minimum absolute atomic E-state index is 0.846. The van der Waals surface area contributed by atoms with Gasteiger partial charge in [-0.2, -0.15) is 11.8 Å². The van der Waals surface area contributed by atoms with Crippen molar-refractivity contribution in [2.24, 2.45) is 0 Å². The number of thioether (sulfide) groups is 1. The van der Waals surface area contributed by atoms with E-state index in [0.717, 1.165) is 13.1 Å². The molecule has 0 atom stereocenters. The normalized spacial score (nSPS) is 9.17. The van der Waals surface area contributed by atoms with Crippen molar-refractivity contribution in [3.63, 3.8) is 0 Å². The summed E-state index contributed by atoms with van der Waals surface area (Å²) in [6.45, 7) is 3.84. The Hall–Kier alpha value is -0.130. The molecular formula is C10H19NS. The third-order valence-electron chi connectivity index (χ3n) is 1.59. The van der Waals surface area contributed by atoms with Crippen LogP contribution in [-0.4, -0.2) is 25.1 Å². The van der Waals surface area contributed by atoms with E-state index in [-0.39, 0.29) is 0 Å². The molecule has 70 valence electrons. The van der Waals surface area contributed by atoms with Gasteiger partial charge in [0.1, 0.15) is 0 Å². The second kappa shape index (κ2) is 10.9. The van der Waals surface area contributed by atoms with E-state index in [1.807, 2.05) is 18.7 Å². The summed E-state index contributed by atoms with van der Waals surface area (Å²) in [7, 11) is 0. The zero-order valence-corrected chi connectivity index (χ0v) is 8.97. The molecule has 0 saturated heterocycles. The maximum Gasteiger partial charge on any atom is 0.0576 e. The standard InChI is InChI=1S/C10H19NS/c1-3-4-8-11-9-6-5-7-10-12-2/h11H,5-10H2,1-2H3. The molecule has 0 aromatic carbocycles. The van der Waals surface area contributed by atoms with E-state index in [9.17, 15) is 0 Å². The summed E-state index contributed by atoms with van der Waals surface area (Å²) in [4.78, 5) is 0. The lowest BCUT2D eigenvalue weighted by atomic mass is 10.2. The quantitative estimate of drug-likeness (QED) is 0.482. The summed E-state index contributed by atoms with van der Waals surface area (Å²) in [6.07, 6.45) is 6.14. The van der Waals surface area contributed by atoms with Gasteiger partial charge in [0.2, 0.25) is 0 Å². The molecule has 0 radical (unpaired) electrons. The second-order valence-electron chi connectivity index (χ2n) is 2.66. The molecule has 2 heteroatoms. The number of unbranched alkanes of at least 4 members (excludes halogenated alkanes) is 2. The molecule has 0 bridgehead atoms. The van der Waals surface area contributed by atoms with Crippen LogP contribution in [0.25, 0.3) is 0 Å². The molecule has 12 heavy (non-hydrogen) atoms. The molecule has 0 fully saturated rings. The molecule has 1 nitrogen and oxygen atoms in total. The first-order valence-electron chi connectivity index (χ1n) is 4.51. The average molecular weight is 185 g/mol. The van der Waals surface area contributed by atoms with Crippen LogP contribution in [-0.2, 0) is 0 Å². The summed E-state index contributed by atoms with van der Waals surface area (Å²) >= 11 is 1.93. The Labute approximate surface area is 80.7 Å². The highest BCUT2D eigenvalue weighted by molar-refractivity contribution is 7.98. The molecule has 0 aromatic rings. The Morgan fingerprint density at radius 2 is 2.08 bits per heavy atom. The highest BCUT2D eigenvalue weighted by Gasteiger charge is 1.87. The SMILES string of the molecule is CC#CCNCCCCCSC. The van der Waals surface area contributed by atoms with Crippen LogP contribution in [0.15, 0.2) is 0 Å². The zero-order valence-electron chi connectivity index (χ0n) is 8.15. The minimum atomic E-state index is 0.846. The molecule has 0 heterocycles. The van der Waals surface area contributed by atoms with Crippen molar-refractivity contribution in [1.29, 1.82) is 0 Å². The number of hydrogen-bond acceptors (Lipinski definition) is 2. The van der Waals surface area contributed by atoms with Gasteiger partial charge in [0, 0.05) is 0 Å². The lowest BCUT2D eigenvalue weighted by Crippen LogP contribution is -2.15. The van der Waals surface area contributed by atoms with E-state index < -0.39 is 0 Å². The first-order valence-corrected chi connectivity index (χ1v) is 5.90. The van der Waals surface area contributed by atoms with E-state index >= 15 is 0 Å². The average Bonchev–Trinajstić information content (AvgIpc) is 2.10. The van der Waals surface area contributed by atoms with Gasteiger partial charge in [-0.1, -0.05) is 12.3 Å². The van der Waals surface area contributed by atoms with Crippen molar-refractivity contribution in [3.8, 4) is 11.8 Å². The van der Waals surface area contributed by atoms with Crippen molar-refractivity contribution in [2.45, 2.75) is 26.2 Å². The number of nitrogens with one attached hydrogen (secondary N) is 1. The number of rotatable bonds is 7. The fourth-order valence-electron chi connectivity index (χ4n) is 0.912. The second-order valence-corrected chi connectivity index (χ2v) is 3.64. The summed E-state index contributed by atoms with van der Waals surface area (Å²) in [5.41, 5.74) is 0. The third-order valence-corrected chi connectivity index (χ3v) is 2.29.